The number of hydrogen-bond acceptors (Lipinski definition) is 7. The van der Waals surface area contributed by atoms with Crippen LogP contribution in [0.5, 0.6) is 0 Å². The summed E-state index contributed by atoms with van der Waals surface area (Å²) in [6, 6.07) is -0.113. The lowest BCUT2D eigenvalue weighted by molar-refractivity contribution is -0.131. The summed E-state index contributed by atoms with van der Waals surface area (Å²) in [4.78, 5) is 34.3. The third-order valence-electron chi connectivity index (χ3n) is 4.20. The van der Waals surface area contributed by atoms with Gasteiger partial charge in [0.2, 0.25) is 11.8 Å². The van der Waals surface area contributed by atoms with E-state index in [1.54, 1.807) is 24.2 Å². The van der Waals surface area contributed by atoms with Gasteiger partial charge in [-0.2, -0.15) is 0 Å². The number of aromatic nitrogens is 4. The number of rotatable bonds is 5. The monoisotopic (exact) mass is 344 g/mol. The van der Waals surface area contributed by atoms with Gasteiger partial charge in [-0.3, -0.25) is 19.6 Å². The highest BCUT2D eigenvalue weighted by Crippen LogP contribution is 2.31. The molecule has 9 nitrogen and oxygen atoms in total. The average molecular weight is 344 g/mol. The van der Waals surface area contributed by atoms with Gasteiger partial charge < -0.3 is 10.2 Å². The van der Waals surface area contributed by atoms with Gasteiger partial charge in [0, 0.05) is 13.5 Å². The number of hydrogen-bond donors (Lipinski definition) is 1. The van der Waals surface area contributed by atoms with Crippen LogP contribution in [0, 0.1) is 6.92 Å². The van der Waals surface area contributed by atoms with Crippen molar-refractivity contribution < 1.29 is 14.2 Å². The van der Waals surface area contributed by atoms with E-state index in [9.17, 15) is 9.59 Å². The highest BCUT2D eigenvalue weighted by molar-refractivity contribution is 5.79. The molecule has 0 spiro atoms. The first-order valence-electron chi connectivity index (χ1n) is 8.17. The molecule has 0 aliphatic carbocycles. The topological polar surface area (TPSA) is 114 Å². The van der Waals surface area contributed by atoms with E-state index in [1.165, 1.54) is 6.92 Å². The van der Waals surface area contributed by atoms with Gasteiger partial charge >= 0.3 is 0 Å². The van der Waals surface area contributed by atoms with Crippen LogP contribution in [0.1, 0.15) is 48.6 Å². The molecule has 3 rings (SSSR count). The molecule has 0 unspecified atom stereocenters. The average Bonchev–Trinajstić information content (AvgIpc) is 3.23. The Labute approximate surface area is 144 Å². The lowest BCUT2D eigenvalue weighted by atomic mass is 10.1. The highest BCUT2D eigenvalue weighted by Gasteiger charge is 2.32. The standard InChI is InChI=1S/C16H20N6O3/c1-10-13(21-25-20-10)6-16(24)22-5-3-4-15(22)14-9-17-7-12(19-14)8-18-11(2)23/h7,9,15H,3-6,8H2,1-2H3,(H,18,23)/t15-/m1/s1. The van der Waals surface area contributed by atoms with Crippen LogP contribution in [-0.4, -0.2) is 43.5 Å². The minimum Gasteiger partial charge on any atom is -0.351 e. The van der Waals surface area contributed by atoms with Crippen molar-refractivity contribution in [3.63, 3.8) is 0 Å². The van der Waals surface area contributed by atoms with Crippen molar-refractivity contribution in [1.29, 1.82) is 0 Å². The minimum atomic E-state index is -0.124. The van der Waals surface area contributed by atoms with Gasteiger partial charge in [-0.05, 0) is 19.8 Å². The molecule has 3 heterocycles. The van der Waals surface area contributed by atoms with Crippen LogP contribution in [0.25, 0.3) is 0 Å². The maximum absolute atomic E-state index is 12.7. The second-order valence-electron chi connectivity index (χ2n) is 6.06. The van der Waals surface area contributed by atoms with Crippen molar-refractivity contribution in [2.24, 2.45) is 0 Å². The molecule has 0 bridgehead atoms. The molecule has 0 aromatic carbocycles. The zero-order chi connectivity index (χ0) is 17.8. The summed E-state index contributed by atoms with van der Waals surface area (Å²) in [5.74, 6) is -0.156. The molecule has 0 radical (unpaired) electrons. The van der Waals surface area contributed by atoms with E-state index in [2.05, 4.69) is 30.2 Å². The van der Waals surface area contributed by atoms with E-state index < -0.39 is 0 Å². The Morgan fingerprint density at radius 1 is 1.36 bits per heavy atom. The largest absolute Gasteiger partial charge is 0.351 e. The molecule has 1 atom stereocenters. The zero-order valence-electron chi connectivity index (χ0n) is 14.2. The lowest BCUT2D eigenvalue weighted by Gasteiger charge is -2.24. The summed E-state index contributed by atoms with van der Waals surface area (Å²) in [5, 5.41) is 10.2. The number of nitrogens with one attached hydrogen (secondary N) is 1. The van der Waals surface area contributed by atoms with E-state index in [1.807, 2.05) is 0 Å². The molecule has 2 amide bonds. The third-order valence-corrected chi connectivity index (χ3v) is 4.20. The van der Waals surface area contributed by atoms with E-state index >= 15 is 0 Å². The summed E-state index contributed by atoms with van der Waals surface area (Å²) >= 11 is 0. The second-order valence-corrected chi connectivity index (χ2v) is 6.06. The van der Waals surface area contributed by atoms with Crippen molar-refractivity contribution >= 4 is 11.8 Å². The van der Waals surface area contributed by atoms with Crippen LogP contribution in [0.15, 0.2) is 17.0 Å². The van der Waals surface area contributed by atoms with Crippen LogP contribution < -0.4 is 5.32 Å². The third kappa shape index (κ3) is 3.98. The number of amides is 2. The normalized spacial score (nSPS) is 16.9. The Kier molecular flexibility index (Phi) is 5.01. The maximum atomic E-state index is 12.7. The molecule has 0 saturated carbocycles. The number of carbonyl (C=O) groups excluding carboxylic acids is 2. The Morgan fingerprint density at radius 2 is 2.20 bits per heavy atom. The van der Waals surface area contributed by atoms with Crippen molar-refractivity contribution in [2.75, 3.05) is 6.54 Å². The molecule has 1 N–H and O–H groups in total. The fourth-order valence-corrected chi connectivity index (χ4v) is 2.91. The number of aryl methyl sites for hydroxylation is 1. The van der Waals surface area contributed by atoms with Gasteiger partial charge in [0.05, 0.1) is 42.8 Å². The molecule has 1 fully saturated rings. The summed E-state index contributed by atoms with van der Waals surface area (Å²) in [6.45, 7) is 4.21. The van der Waals surface area contributed by atoms with Crippen molar-refractivity contribution in [1.82, 2.24) is 30.5 Å². The number of carbonyl (C=O) groups is 2. The predicted octanol–water partition coefficient (Wildman–Crippen LogP) is 0.710. The van der Waals surface area contributed by atoms with Crippen molar-refractivity contribution in [3.05, 3.63) is 35.2 Å². The first kappa shape index (κ1) is 17.0. The summed E-state index contributed by atoms with van der Waals surface area (Å²) in [7, 11) is 0. The smallest absolute Gasteiger partial charge is 0.229 e. The quantitative estimate of drug-likeness (QED) is 0.849. The van der Waals surface area contributed by atoms with Crippen LogP contribution in [0.2, 0.25) is 0 Å². The molecule has 25 heavy (non-hydrogen) atoms. The molecule has 1 aliphatic heterocycles. The molecule has 9 heteroatoms. The Bertz CT molecular complexity index is 775. The molecule has 1 saturated heterocycles. The predicted molar refractivity (Wildman–Crippen MR) is 86.0 cm³/mol. The fraction of sp³-hybridized carbons (Fsp3) is 0.500. The van der Waals surface area contributed by atoms with Gasteiger partial charge in [0.25, 0.3) is 0 Å². The van der Waals surface area contributed by atoms with E-state index in [0.717, 1.165) is 18.5 Å². The fourth-order valence-electron chi connectivity index (χ4n) is 2.91. The Balaban J connectivity index is 1.72. The molecule has 132 valence electrons. The van der Waals surface area contributed by atoms with Crippen molar-refractivity contribution in [3.8, 4) is 0 Å². The van der Waals surface area contributed by atoms with Gasteiger partial charge in [-0.25, -0.2) is 4.63 Å². The Hall–Kier alpha value is -2.84. The number of likely N-dealkylation sites (tertiary alicyclic amines) is 1. The first-order valence-corrected chi connectivity index (χ1v) is 8.17. The molecular formula is C16H20N6O3. The van der Waals surface area contributed by atoms with Crippen LogP contribution in [-0.2, 0) is 22.6 Å². The van der Waals surface area contributed by atoms with Gasteiger partial charge in [0.1, 0.15) is 11.4 Å². The highest BCUT2D eigenvalue weighted by atomic mass is 16.6. The van der Waals surface area contributed by atoms with E-state index in [0.29, 0.717) is 30.2 Å². The van der Waals surface area contributed by atoms with E-state index in [-0.39, 0.29) is 24.3 Å². The second kappa shape index (κ2) is 7.37. The molecule has 1 aliphatic rings. The van der Waals surface area contributed by atoms with Gasteiger partial charge in [0.15, 0.2) is 0 Å². The SMILES string of the molecule is CC(=O)NCc1cncc([C@H]2CCCN2C(=O)Cc2nonc2C)n1. The van der Waals surface area contributed by atoms with Crippen LogP contribution >= 0.6 is 0 Å². The number of nitrogens with zero attached hydrogens (tertiary/aromatic N) is 5. The maximum Gasteiger partial charge on any atom is 0.229 e. The summed E-state index contributed by atoms with van der Waals surface area (Å²) in [5.41, 5.74) is 2.59. The van der Waals surface area contributed by atoms with Crippen LogP contribution in [0.4, 0.5) is 0 Å². The first-order chi connectivity index (χ1) is 12.0. The van der Waals surface area contributed by atoms with Crippen molar-refractivity contribution in [2.45, 2.75) is 45.7 Å². The molecule has 2 aromatic heterocycles. The molecule has 2 aromatic rings. The molecular weight excluding hydrogens is 324 g/mol. The van der Waals surface area contributed by atoms with Crippen LogP contribution in [0.3, 0.4) is 0 Å². The minimum absolute atomic E-state index is 0.0321. The zero-order valence-corrected chi connectivity index (χ0v) is 14.2. The Morgan fingerprint density at radius 3 is 2.92 bits per heavy atom. The summed E-state index contributed by atoms with van der Waals surface area (Å²) < 4.78 is 4.65. The summed E-state index contributed by atoms with van der Waals surface area (Å²) in [6.07, 6.45) is 5.19. The van der Waals surface area contributed by atoms with Gasteiger partial charge in [-0.15, -0.1) is 0 Å². The van der Waals surface area contributed by atoms with Gasteiger partial charge in [-0.1, -0.05) is 10.3 Å². The lowest BCUT2D eigenvalue weighted by Crippen LogP contribution is -2.32. The van der Waals surface area contributed by atoms with E-state index in [4.69, 9.17) is 0 Å².